The van der Waals surface area contributed by atoms with Crippen molar-refractivity contribution in [3.05, 3.63) is 0 Å². The highest BCUT2D eigenvalue weighted by Gasteiger charge is 2.24. The SMILES string of the molecule is CC1CCC(OC[C@@H](C)N)CC1C. The summed E-state index contributed by atoms with van der Waals surface area (Å²) < 4.78 is 5.74. The van der Waals surface area contributed by atoms with Crippen LogP contribution in [0.4, 0.5) is 0 Å². The van der Waals surface area contributed by atoms with Crippen molar-refractivity contribution in [1.82, 2.24) is 0 Å². The Hall–Kier alpha value is -0.0800. The zero-order valence-electron chi connectivity index (χ0n) is 9.12. The van der Waals surface area contributed by atoms with Crippen molar-refractivity contribution >= 4 is 0 Å². The smallest absolute Gasteiger partial charge is 0.0618 e. The van der Waals surface area contributed by atoms with Gasteiger partial charge in [0.25, 0.3) is 0 Å². The molecule has 2 N–H and O–H groups in total. The summed E-state index contributed by atoms with van der Waals surface area (Å²) in [6.45, 7) is 7.37. The van der Waals surface area contributed by atoms with Gasteiger partial charge in [0, 0.05) is 6.04 Å². The second-order valence-electron chi connectivity index (χ2n) is 4.70. The van der Waals surface area contributed by atoms with Crippen molar-refractivity contribution in [2.45, 2.75) is 52.2 Å². The van der Waals surface area contributed by atoms with Crippen LogP contribution in [-0.4, -0.2) is 18.8 Å². The summed E-state index contributed by atoms with van der Waals surface area (Å²) in [4.78, 5) is 0. The molecule has 0 radical (unpaired) electrons. The third-order valence-electron chi connectivity index (χ3n) is 3.14. The number of hydrogen-bond acceptors (Lipinski definition) is 2. The van der Waals surface area contributed by atoms with Crippen LogP contribution in [0.15, 0.2) is 0 Å². The summed E-state index contributed by atoms with van der Waals surface area (Å²) in [5.41, 5.74) is 5.65. The van der Waals surface area contributed by atoms with Crippen LogP contribution in [0.25, 0.3) is 0 Å². The van der Waals surface area contributed by atoms with Gasteiger partial charge in [0.1, 0.15) is 0 Å². The van der Waals surface area contributed by atoms with Crippen LogP contribution in [0.3, 0.4) is 0 Å². The molecule has 78 valence electrons. The van der Waals surface area contributed by atoms with E-state index >= 15 is 0 Å². The molecule has 0 heterocycles. The van der Waals surface area contributed by atoms with Gasteiger partial charge >= 0.3 is 0 Å². The van der Waals surface area contributed by atoms with Gasteiger partial charge in [-0.25, -0.2) is 0 Å². The molecule has 2 heteroatoms. The van der Waals surface area contributed by atoms with Crippen LogP contribution in [0.5, 0.6) is 0 Å². The summed E-state index contributed by atoms with van der Waals surface area (Å²) in [5.74, 6) is 1.68. The van der Waals surface area contributed by atoms with E-state index in [0.29, 0.717) is 12.7 Å². The van der Waals surface area contributed by atoms with Crippen molar-refractivity contribution in [3.8, 4) is 0 Å². The van der Waals surface area contributed by atoms with E-state index in [0.717, 1.165) is 11.8 Å². The molecule has 13 heavy (non-hydrogen) atoms. The van der Waals surface area contributed by atoms with Crippen molar-refractivity contribution < 1.29 is 4.74 Å². The molecule has 0 bridgehead atoms. The number of nitrogens with two attached hydrogens (primary N) is 1. The predicted octanol–water partition coefficient (Wildman–Crippen LogP) is 2.17. The summed E-state index contributed by atoms with van der Waals surface area (Å²) in [6, 6.07) is 0.176. The van der Waals surface area contributed by atoms with Gasteiger partial charge in [-0.2, -0.15) is 0 Å². The molecule has 1 fully saturated rings. The van der Waals surface area contributed by atoms with E-state index in [1.165, 1.54) is 19.3 Å². The highest BCUT2D eigenvalue weighted by molar-refractivity contribution is 4.75. The Balaban J connectivity index is 2.21. The first kappa shape index (κ1) is 11.0. The highest BCUT2D eigenvalue weighted by atomic mass is 16.5. The van der Waals surface area contributed by atoms with Gasteiger partial charge in [-0.1, -0.05) is 13.8 Å². The van der Waals surface area contributed by atoms with E-state index < -0.39 is 0 Å². The third-order valence-corrected chi connectivity index (χ3v) is 3.14. The van der Waals surface area contributed by atoms with Gasteiger partial charge in [0.2, 0.25) is 0 Å². The molecule has 0 aromatic rings. The number of hydrogen-bond donors (Lipinski definition) is 1. The minimum atomic E-state index is 0.176. The molecule has 0 amide bonds. The molecule has 0 spiro atoms. The van der Waals surface area contributed by atoms with Crippen LogP contribution in [0, 0.1) is 11.8 Å². The quantitative estimate of drug-likeness (QED) is 0.731. The Labute approximate surface area is 81.8 Å². The number of ether oxygens (including phenoxy) is 1. The maximum absolute atomic E-state index is 5.74. The molecule has 0 aromatic carbocycles. The van der Waals surface area contributed by atoms with Crippen molar-refractivity contribution in [2.75, 3.05) is 6.61 Å². The first-order valence-electron chi connectivity index (χ1n) is 5.46. The van der Waals surface area contributed by atoms with Crippen molar-refractivity contribution in [1.29, 1.82) is 0 Å². The lowest BCUT2D eigenvalue weighted by atomic mass is 9.80. The lowest BCUT2D eigenvalue weighted by Gasteiger charge is -2.32. The van der Waals surface area contributed by atoms with Gasteiger partial charge in [0.05, 0.1) is 12.7 Å². The first-order valence-corrected chi connectivity index (χ1v) is 5.46. The maximum atomic E-state index is 5.74. The zero-order valence-corrected chi connectivity index (χ0v) is 9.12. The van der Waals surface area contributed by atoms with Crippen LogP contribution in [0.2, 0.25) is 0 Å². The van der Waals surface area contributed by atoms with E-state index in [9.17, 15) is 0 Å². The topological polar surface area (TPSA) is 35.2 Å². The summed E-state index contributed by atoms with van der Waals surface area (Å²) in [6.07, 6.45) is 4.22. The van der Waals surface area contributed by atoms with Crippen molar-refractivity contribution in [3.63, 3.8) is 0 Å². The second-order valence-corrected chi connectivity index (χ2v) is 4.70. The average Bonchev–Trinajstić information content (AvgIpc) is 2.07. The molecule has 1 saturated carbocycles. The largest absolute Gasteiger partial charge is 0.377 e. The van der Waals surface area contributed by atoms with Crippen LogP contribution in [0.1, 0.15) is 40.0 Å². The number of rotatable bonds is 3. The predicted molar refractivity (Wildman–Crippen MR) is 55.6 cm³/mol. The maximum Gasteiger partial charge on any atom is 0.0618 e. The minimum Gasteiger partial charge on any atom is -0.377 e. The van der Waals surface area contributed by atoms with E-state index in [-0.39, 0.29) is 6.04 Å². The monoisotopic (exact) mass is 185 g/mol. The first-order chi connectivity index (χ1) is 6.09. The van der Waals surface area contributed by atoms with Crippen LogP contribution >= 0.6 is 0 Å². The van der Waals surface area contributed by atoms with Gasteiger partial charge in [-0.05, 0) is 38.0 Å². The molecule has 4 atom stereocenters. The van der Waals surface area contributed by atoms with Gasteiger partial charge in [0.15, 0.2) is 0 Å². The molecular formula is C11H23NO. The highest BCUT2D eigenvalue weighted by Crippen LogP contribution is 2.30. The molecule has 3 unspecified atom stereocenters. The van der Waals surface area contributed by atoms with Gasteiger partial charge in [-0.15, -0.1) is 0 Å². The Kier molecular flexibility index (Phi) is 4.20. The molecule has 0 aromatic heterocycles. The van der Waals surface area contributed by atoms with E-state index in [2.05, 4.69) is 13.8 Å². The molecule has 0 saturated heterocycles. The van der Waals surface area contributed by atoms with E-state index in [1.807, 2.05) is 6.92 Å². The van der Waals surface area contributed by atoms with Gasteiger partial charge < -0.3 is 10.5 Å². The molecule has 1 aliphatic carbocycles. The van der Waals surface area contributed by atoms with E-state index in [1.54, 1.807) is 0 Å². The third kappa shape index (κ3) is 3.65. The van der Waals surface area contributed by atoms with Crippen LogP contribution < -0.4 is 5.73 Å². The fourth-order valence-electron chi connectivity index (χ4n) is 1.94. The average molecular weight is 185 g/mol. The van der Waals surface area contributed by atoms with Crippen LogP contribution in [-0.2, 0) is 4.74 Å². The molecule has 1 rings (SSSR count). The summed E-state index contributed by atoms with van der Waals surface area (Å²) in [7, 11) is 0. The Bertz CT molecular complexity index is 147. The lowest BCUT2D eigenvalue weighted by molar-refractivity contribution is -0.00171. The van der Waals surface area contributed by atoms with E-state index in [4.69, 9.17) is 10.5 Å². The van der Waals surface area contributed by atoms with Crippen molar-refractivity contribution in [2.24, 2.45) is 17.6 Å². The molecule has 2 nitrogen and oxygen atoms in total. The Morgan fingerprint density at radius 2 is 2.00 bits per heavy atom. The minimum absolute atomic E-state index is 0.176. The fraction of sp³-hybridized carbons (Fsp3) is 1.00. The summed E-state index contributed by atoms with van der Waals surface area (Å²) in [5, 5.41) is 0. The van der Waals surface area contributed by atoms with Gasteiger partial charge in [-0.3, -0.25) is 0 Å². The molecule has 0 aliphatic heterocycles. The summed E-state index contributed by atoms with van der Waals surface area (Å²) >= 11 is 0. The zero-order chi connectivity index (χ0) is 9.84. The molecular weight excluding hydrogens is 162 g/mol. The Morgan fingerprint density at radius 3 is 2.54 bits per heavy atom. The fourth-order valence-corrected chi connectivity index (χ4v) is 1.94. The normalized spacial score (nSPS) is 37.4. The standard InChI is InChI=1S/C11H23NO/c1-8-4-5-11(6-9(8)2)13-7-10(3)12/h8-11H,4-7,12H2,1-3H3/t8?,9?,10-,11?/m1/s1. The lowest BCUT2D eigenvalue weighted by Crippen LogP contribution is -2.31. The second kappa shape index (κ2) is 4.97. The Morgan fingerprint density at radius 1 is 1.31 bits per heavy atom. The molecule has 1 aliphatic rings.